The number of hydrogen-bond acceptors (Lipinski definition) is 4. The molecule has 0 N–H and O–H groups in total. The van der Waals surface area contributed by atoms with E-state index in [0.29, 0.717) is 30.1 Å². The number of nitrogens with zero attached hydrogens (tertiary/aromatic N) is 2. The average Bonchev–Trinajstić information content (AvgIpc) is 3.18. The summed E-state index contributed by atoms with van der Waals surface area (Å²) < 4.78 is 7.80. The number of para-hydroxylation sites is 1. The molecular weight excluding hydrogens is 464 g/mol. The van der Waals surface area contributed by atoms with E-state index in [2.05, 4.69) is 24.5 Å². The normalized spacial score (nSPS) is 21.3. The Morgan fingerprint density at radius 3 is 2.59 bits per heavy atom. The minimum atomic E-state index is 0.0415. The van der Waals surface area contributed by atoms with Gasteiger partial charge in [-0.1, -0.05) is 30.7 Å². The van der Waals surface area contributed by atoms with Crippen LogP contribution in [0.3, 0.4) is 0 Å². The highest BCUT2D eigenvalue weighted by Gasteiger charge is 2.34. The minimum Gasteiger partial charge on any atom is -0.496 e. The van der Waals surface area contributed by atoms with Gasteiger partial charge < -0.3 is 14.2 Å². The van der Waals surface area contributed by atoms with Crippen molar-refractivity contribution in [1.29, 1.82) is 0 Å². The molecule has 2 aromatic rings. The quantitative estimate of drug-likeness (QED) is 0.394. The largest absolute Gasteiger partial charge is 0.496 e. The van der Waals surface area contributed by atoms with E-state index < -0.39 is 0 Å². The number of ether oxygens (including phenoxy) is 1. The summed E-state index contributed by atoms with van der Waals surface area (Å²) in [6, 6.07) is 8.60. The Hall–Kier alpha value is -3.15. The number of methoxy groups -OCH3 is 1. The molecule has 0 saturated carbocycles. The van der Waals surface area contributed by atoms with Gasteiger partial charge in [0, 0.05) is 66.1 Å². The molecule has 3 unspecified atom stereocenters. The second-order valence-electron chi connectivity index (χ2n) is 10.7. The minimum absolute atomic E-state index is 0.0415. The topological polar surface area (TPSA) is 68.6 Å². The van der Waals surface area contributed by atoms with Gasteiger partial charge in [0.15, 0.2) is 11.6 Å². The Kier molecular flexibility index (Phi) is 8.05. The van der Waals surface area contributed by atoms with Crippen LogP contribution in [-0.4, -0.2) is 46.6 Å². The third-order valence-corrected chi connectivity index (χ3v) is 8.43. The molecule has 1 aromatic heterocycles. The van der Waals surface area contributed by atoms with Gasteiger partial charge in [0.05, 0.1) is 7.11 Å². The van der Waals surface area contributed by atoms with Gasteiger partial charge in [0.2, 0.25) is 5.91 Å². The summed E-state index contributed by atoms with van der Waals surface area (Å²) in [6.45, 7) is 10.8. The molecule has 4 rings (SSSR count). The van der Waals surface area contributed by atoms with Crippen LogP contribution in [0.4, 0.5) is 0 Å². The summed E-state index contributed by atoms with van der Waals surface area (Å²) in [5, 5.41) is 0.969. The number of ketones is 2. The number of carbonyl (C=O) groups is 3. The highest BCUT2D eigenvalue weighted by Crippen LogP contribution is 2.38. The number of piperidine rings is 1. The number of hydrogen-bond donors (Lipinski definition) is 0. The van der Waals surface area contributed by atoms with Gasteiger partial charge in [0.1, 0.15) is 5.76 Å². The highest BCUT2D eigenvalue weighted by atomic mass is 16.5. The lowest BCUT2D eigenvalue weighted by atomic mass is 9.84. The van der Waals surface area contributed by atoms with E-state index in [1.165, 1.54) is 0 Å². The summed E-state index contributed by atoms with van der Waals surface area (Å²) in [5.41, 5.74) is 4.39. The van der Waals surface area contributed by atoms with Gasteiger partial charge in [-0.3, -0.25) is 14.4 Å². The Bertz CT molecular complexity index is 1280. The molecule has 1 aliphatic heterocycles. The lowest BCUT2D eigenvalue weighted by Crippen LogP contribution is -2.46. The molecule has 1 aliphatic carbocycles. The molecule has 0 spiro atoms. The van der Waals surface area contributed by atoms with Crippen molar-refractivity contribution >= 4 is 28.4 Å². The first kappa shape index (κ1) is 26.9. The monoisotopic (exact) mass is 504 g/mol. The number of allylic oxidation sites excluding steroid dienone is 3. The van der Waals surface area contributed by atoms with Crippen LogP contribution in [0.25, 0.3) is 10.9 Å². The summed E-state index contributed by atoms with van der Waals surface area (Å²) in [5.74, 6) is 1.25. The zero-order valence-corrected chi connectivity index (χ0v) is 23.1. The molecule has 37 heavy (non-hydrogen) atoms. The fraction of sp³-hybridized carbons (Fsp3) is 0.516. The fourth-order valence-electron chi connectivity index (χ4n) is 6.47. The van der Waals surface area contributed by atoms with Crippen LogP contribution in [0.15, 0.2) is 47.2 Å². The Labute approximate surface area is 220 Å². The number of Topliss-reactive ketones (excluding diaryl/α,β-unsaturated/α-hetero) is 2. The molecule has 1 fully saturated rings. The van der Waals surface area contributed by atoms with E-state index in [1.54, 1.807) is 14.0 Å². The van der Waals surface area contributed by atoms with E-state index in [4.69, 9.17) is 4.74 Å². The van der Waals surface area contributed by atoms with Crippen LogP contribution in [0, 0.1) is 12.8 Å². The maximum Gasteiger partial charge on any atom is 0.219 e. The van der Waals surface area contributed by atoms with Gasteiger partial charge in [-0.15, -0.1) is 0 Å². The van der Waals surface area contributed by atoms with Crippen molar-refractivity contribution in [1.82, 2.24) is 9.47 Å². The number of likely N-dealkylation sites (tertiary alicyclic amines) is 1. The van der Waals surface area contributed by atoms with Gasteiger partial charge in [-0.25, -0.2) is 0 Å². The van der Waals surface area contributed by atoms with E-state index in [-0.39, 0.29) is 36.0 Å². The van der Waals surface area contributed by atoms with E-state index in [9.17, 15) is 14.4 Å². The predicted molar refractivity (Wildman–Crippen MR) is 147 cm³/mol. The highest BCUT2D eigenvalue weighted by molar-refractivity contribution is 6.10. The zero-order valence-electron chi connectivity index (χ0n) is 23.1. The van der Waals surface area contributed by atoms with Crippen LogP contribution < -0.4 is 0 Å². The second-order valence-corrected chi connectivity index (χ2v) is 10.7. The first-order valence-electron chi connectivity index (χ1n) is 13.5. The van der Waals surface area contributed by atoms with E-state index >= 15 is 0 Å². The molecule has 198 valence electrons. The smallest absolute Gasteiger partial charge is 0.219 e. The lowest BCUT2D eigenvalue weighted by molar-refractivity contribution is -0.133. The molecule has 1 saturated heterocycles. The molecule has 0 radical (unpaired) electrons. The molecule has 1 aromatic carbocycles. The van der Waals surface area contributed by atoms with Crippen molar-refractivity contribution in [2.24, 2.45) is 5.92 Å². The van der Waals surface area contributed by atoms with E-state index in [0.717, 1.165) is 53.5 Å². The summed E-state index contributed by atoms with van der Waals surface area (Å²) in [4.78, 5) is 40.5. The average molecular weight is 505 g/mol. The van der Waals surface area contributed by atoms with Crippen molar-refractivity contribution in [3.8, 4) is 0 Å². The third-order valence-electron chi connectivity index (χ3n) is 8.43. The number of aromatic nitrogens is 1. The lowest BCUT2D eigenvalue weighted by Gasteiger charge is -2.41. The van der Waals surface area contributed by atoms with Crippen LogP contribution in [0.1, 0.15) is 88.3 Å². The third kappa shape index (κ3) is 5.16. The van der Waals surface area contributed by atoms with E-state index in [1.807, 2.05) is 43.0 Å². The van der Waals surface area contributed by atoms with Crippen LogP contribution in [-0.2, 0) is 14.3 Å². The molecule has 6 heteroatoms. The van der Waals surface area contributed by atoms with Crippen molar-refractivity contribution in [2.45, 2.75) is 85.2 Å². The Morgan fingerprint density at radius 2 is 1.92 bits per heavy atom. The summed E-state index contributed by atoms with van der Waals surface area (Å²) >= 11 is 0. The van der Waals surface area contributed by atoms with Gasteiger partial charge >= 0.3 is 0 Å². The standard InChI is InChI=1S/C31H40N2O4/c1-7-24-18-23(14-15-32(24)22(5)34)20(3)33-21(4)31(25-10-8-9-11-27(25)33)28(35)13-12-26-29(36)16-19(2)17-30(26)37-6/h8-11,17,20,23-24H,7,12-16,18H2,1-6H3. The molecule has 1 amide bonds. The maximum absolute atomic E-state index is 13.7. The van der Waals surface area contributed by atoms with Gasteiger partial charge in [-0.2, -0.15) is 0 Å². The fourth-order valence-corrected chi connectivity index (χ4v) is 6.47. The van der Waals surface area contributed by atoms with Crippen molar-refractivity contribution in [2.75, 3.05) is 13.7 Å². The van der Waals surface area contributed by atoms with Crippen molar-refractivity contribution < 1.29 is 19.1 Å². The van der Waals surface area contributed by atoms with Gasteiger partial charge in [-0.05, 0) is 64.5 Å². The SMILES string of the molecule is CCC1CC(C(C)n2c(C)c(C(=O)CCC3=C(OC)C=C(C)CC3=O)c3ccccc32)CCN1C(C)=O. The zero-order chi connectivity index (χ0) is 26.9. The molecule has 0 bridgehead atoms. The predicted octanol–water partition coefficient (Wildman–Crippen LogP) is 6.33. The summed E-state index contributed by atoms with van der Waals surface area (Å²) in [7, 11) is 1.57. The number of amides is 1. The maximum atomic E-state index is 13.7. The van der Waals surface area contributed by atoms with Gasteiger partial charge in [0.25, 0.3) is 0 Å². The van der Waals surface area contributed by atoms with Crippen LogP contribution in [0.2, 0.25) is 0 Å². The first-order chi connectivity index (χ1) is 17.7. The molecule has 2 heterocycles. The number of rotatable bonds is 8. The van der Waals surface area contributed by atoms with Crippen molar-refractivity contribution in [3.05, 3.63) is 58.5 Å². The number of fused-ring (bicyclic) bond motifs is 1. The Balaban J connectivity index is 1.63. The van der Waals surface area contributed by atoms with Crippen molar-refractivity contribution in [3.63, 3.8) is 0 Å². The van der Waals surface area contributed by atoms with Crippen LogP contribution in [0.5, 0.6) is 0 Å². The molecular formula is C31H40N2O4. The number of benzene rings is 1. The first-order valence-corrected chi connectivity index (χ1v) is 13.5. The molecule has 3 atom stereocenters. The molecule has 6 nitrogen and oxygen atoms in total. The van der Waals surface area contributed by atoms with Crippen LogP contribution >= 0.6 is 0 Å². The second kappa shape index (κ2) is 11.1. The summed E-state index contributed by atoms with van der Waals surface area (Å²) in [6.07, 6.45) is 5.80. The Morgan fingerprint density at radius 1 is 1.19 bits per heavy atom. The molecule has 2 aliphatic rings. The number of carbonyl (C=O) groups excluding carboxylic acids is 3.